The summed E-state index contributed by atoms with van der Waals surface area (Å²) in [5.74, 6) is -4.65. The van der Waals surface area contributed by atoms with E-state index < -0.39 is 36.1 Å². The van der Waals surface area contributed by atoms with Gasteiger partial charge in [-0.3, -0.25) is 19.8 Å². The van der Waals surface area contributed by atoms with Crippen LogP contribution in [-0.4, -0.2) is 58.3 Å². The molecule has 0 aromatic heterocycles. The third-order valence-corrected chi connectivity index (χ3v) is 5.84. The van der Waals surface area contributed by atoms with Gasteiger partial charge in [0.05, 0.1) is 11.7 Å². The topological polar surface area (TPSA) is 244 Å². The maximum atomic E-state index is 13.3. The molecule has 0 spiro atoms. The second-order valence-electron chi connectivity index (χ2n) is 8.77. The first-order chi connectivity index (χ1) is 19.0. The number of hydrogen-bond donors (Lipinski definition) is 7. The number of nitrogens with two attached hydrogens (primary N) is 3. The van der Waals surface area contributed by atoms with Crippen LogP contribution in [0.25, 0.3) is 10.8 Å². The molecule has 1 amide bonds. The highest BCUT2D eigenvalue weighted by molar-refractivity contribution is 6.33. The van der Waals surface area contributed by atoms with Crippen molar-refractivity contribution in [2.45, 2.75) is 25.3 Å². The zero-order chi connectivity index (χ0) is 29.4. The van der Waals surface area contributed by atoms with Crippen molar-refractivity contribution in [1.82, 2.24) is 5.32 Å². The fourth-order valence-corrected chi connectivity index (χ4v) is 3.92. The number of guanidine groups is 1. The fourth-order valence-electron chi connectivity index (χ4n) is 3.92. The summed E-state index contributed by atoms with van der Waals surface area (Å²) in [6.07, 6.45) is -0.764. The summed E-state index contributed by atoms with van der Waals surface area (Å²) < 4.78 is 5.84. The van der Waals surface area contributed by atoms with E-state index in [0.29, 0.717) is 16.5 Å². The van der Waals surface area contributed by atoms with Crippen LogP contribution in [0.1, 0.15) is 34.3 Å². The predicted molar refractivity (Wildman–Crippen MR) is 147 cm³/mol. The number of nitrogens with zero attached hydrogens (tertiary/aromatic N) is 1. The summed E-state index contributed by atoms with van der Waals surface area (Å²) in [4.78, 5) is 51.6. The monoisotopic (exact) mass is 548 g/mol. The second-order valence-corrected chi connectivity index (χ2v) is 8.77. The molecule has 10 N–H and O–H groups in total. The van der Waals surface area contributed by atoms with Crippen molar-refractivity contribution in [2.24, 2.45) is 22.2 Å². The third-order valence-electron chi connectivity index (χ3n) is 5.84. The van der Waals surface area contributed by atoms with Crippen LogP contribution in [0.2, 0.25) is 0 Å². The van der Waals surface area contributed by atoms with E-state index in [-0.39, 0.29) is 53.7 Å². The molecule has 40 heavy (non-hydrogen) atoms. The van der Waals surface area contributed by atoms with E-state index in [9.17, 15) is 24.3 Å². The number of carbonyl (C=O) groups is 4. The van der Waals surface area contributed by atoms with Crippen LogP contribution in [0.4, 0.5) is 5.69 Å². The lowest BCUT2D eigenvalue weighted by molar-refractivity contribution is -0.148. The number of aliphatic imine (C=N–C) groups is 1. The number of ketones is 1. The van der Waals surface area contributed by atoms with Gasteiger partial charge in [0.15, 0.2) is 5.96 Å². The quantitative estimate of drug-likeness (QED) is 0.0915. The molecular weight excluding hydrogens is 520 g/mol. The molecule has 0 fully saturated rings. The van der Waals surface area contributed by atoms with E-state index in [4.69, 9.17) is 32.5 Å². The SMILES string of the molecule is N=C(N)c1ccc(CC(=O)C(=O)O)c(OC[C@@H](CCC(=O)O)NC(=O)c2ccc(N=C(N)N)c3ccccc23)c1. The first-order valence-electron chi connectivity index (χ1n) is 12.0. The number of benzene rings is 3. The predicted octanol–water partition coefficient (Wildman–Crippen LogP) is 1.27. The number of amides is 1. The Morgan fingerprint density at radius 1 is 0.975 bits per heavy atom. The van der Waals surface area contributed by atoms with Gasteiger partial charge in [-0.1, -0.05) is 36.4 Å². The van der Waals surface area contributed by atoms with Gasteiger partial charge in [-0.05, 0) is 30.0 Å². The molecule has 3 aromatic rings. The van der Waals surface area contributed by atoms with E-state index >= 15 is 0 Å². The Balaban J connectivity index is 1.89. The summed E-state index contributed by atoms with van der Waals surface area (Å²) in [6.45, 7) is -0.224. The van der Waals surface area contributed by atoms with E-state index in [2.05, 4.69) is 10.3 Å². The molecule has 0 aliphatic carbocycles. The van der Waals surface area contributed by atoms with E-state index in [1.54, 1.807) is 36.4 Å². The maximum absolute atomic E-state index is 13.3. The van der Waals surface area contributed by atoms with Crippen molar-refractivity contribution in [3.05, 3.63) is 71.3 Å². The molecule has 13 nitrogen and oxygen atoms in total. The number of aliphatic carboxylic acids is 2. The Hall–Kier alpha value is -5.46. The maximum Gasteiger partial charge on any atom is 0.372 e. The average molecular weight is 549 g/mol. The highest BCUT2D eigenvalue weighted by Gasteiger charge is 2.21. The minimum Gasteiger partial charge on any atom is -0.491 e. The molecule has 0 bridgehead atoms. The van der Waals surface area contributed by atoms with Gasteiger partial charge in [0.1, 0.15) is 18.2 Å². The Kier molecular flexibility index (Phi) is 9.36. The number of rotatable bonds is 13. The molecule has 3 rings (SSSR count). The lowest BCUT2D eigenvalue weighted by Gasteiger charge is -2.21. The largest absolute Gasteiger partial charge is 0.491 e. The first kappa shape index (κ1) is 29.1. The lowest BCUT2D eigenvalue weighted by atomic mass is 10.0. The number of ether oxygens (including phenoxy) is 1. The number of carboxylic acid groups (broad SMARTS) is 2. The van der Waals surface area contributed by atoms with Crippen molar-refractivity contribution in [2.75, 3.05) is 6.61 Å². The molecule has 13 heteroatoms. The minimum atomic E-state index is -1.62. The fraction of sp³-hybridized carbons (Fsp3) is 0.185. The summed E-state index contributed by atoms with van der Waals surface area (Å²) >= 11 is 0. The van der Waals surface area contributed by atoms with Gasteiger partial charge in [-0.25, -0.2) is 9.79 Å². The van der Waals surface area contributed by atoms with Crippen LogP contribution in [0, 0.1) is 5.41 Å². The van der Waals surface area contributed by atoms with Crippen LogP contribution in [0.5, 0.6) is 5.75 Å². The van der Waals surface area contributed by atoms with Crippen molar-refractivity contribution < 1.29 is 34.1 Å². The standard InChI is InChI=1S/C27H28N6O7/c28-24(29)15-6-5-14(11-21(34)26(38)39)22(12-15)40-13-16(7-10-23(35)36)32-25(37)19-8-9-20(33-27(30)31)18-4-2-1-3-17(18)19/h1-6,8-9,12,16H,7,10-11,13H2,(H3,28,29)(H,32,37)(H,35,36)(H,38,39)(H4,30,31,33)/t16-/m1/s1. The number of nitrogen functional groups attached to an aromatic ring is 1. The van der Waals surface area contributed by atoms with Gasteiger partial charge in [0, 0.05) is 34.9 Å². The lowest BCUT2D eigenvalue weighted by Crippen LogP contribution is -2.39. The number of hydrogen-bond acceptors (Lipinski definition) is 7. The molecule has 0 saturated carbocycles. The third kappa shape index (κ3) is 7.54. The summed E-state index contributed by atoms with van der Waals surface area (Å²) in [5, 5.41) is 29.8. The molecule has 0 heterocycles. The average Bonchev–Trinajstić information content (AvgIpc) is 2.90. The summed E-state index contributed by atoms with van der Waals surface area (Å²) in [5.41, 5.74) is 17.8. The van der Waals surface area contributed by atoms with Gasteiger partial charge in [-0.15, -0.1) is 0 Å². The molecule has 0 aliphatic heterocycles. The first-order valence-corrected chi connectivity index (χ1v) is 12.0. The van der Waals surface area contributed by atoms with Crippen molar-refractivity contribution >= 4 is 51.9 Å². The Labute approximate surface area is 228 Å². The number of Topliss-reactive ketones (excluding diaryl/α,β-unsaturated/α-hetero) is 1. The van der Waals surface area contributed by atoms with Crippen molar-refractivity contribution in [1.29, 1.82) is 5.41 Å². The molecular formula is C27H28N6O7. The summed E-state index contributed by atoms with van der Waals surface area (Å²) in [7, 11) is 0. The number of carboxylic acids is 2. The van der Waals surface area contributed by atoms with E-state index in [0.717, 1.165) is 0 Å². The molecule has 1 atom stereocenters. The summed E-state index contributed by atoms with van der Waals surface area (Å²) in [6, 6.07) is 13.5. The highest BCUT2D eigenvalue weighted by atomic mass is 16.5. The smallest absolute Gasteiger partial charge is 0.372 e. The zero-order valence-electron chi connectivity index (χ0n) is 21.2. The van der Waals surface area contributed by atoms with Crippen LogP contribution >= 0.6 is 0 Å². The number of fused-ring (bicyclic) bond motifs is 1. The van der Waals surface area contributed by atoms with Crippen LogP contribution in [0.3, 0.4) is 0 Å². The Morgan fingerprint density at radius 2 is 1.68 bits per heavy atom. The van der Waals surface area contributed by atoms with Gasteiger partial charge in [0.25, 0.3) is 5.91 Å². The van der Waals surface area contributed by atoms with E-state index in [1.165, 1.54) is 18.2 Å². The van der Waals surface area contributed by atoms with Gasteiger partial charge >= 0.3 is 11.9 Å². The molecule has 208 valence electrons. The van der Waals surface area contributed by atoms with Gasteiger partial charge in [-0.2, -0.15) is 0 Å². The van der Waals surface area contributed by atoms with E-state index in [1.807, 2.05) is 0 Å². The molecule has 3 aromatic carbocycles. The van der Waals surface area contributed by atoms with Crippen LogP contribution in [-0.2, 0) is 20.8 Å². The molecule has 0 unspecified atom stereocenters. The van der Waals surface area contributed by atoms with Crippen molar-refractivity contribution in [3.8, 4) is 5.75 Å². The van der Waals surface area contributed by atoms with Crippen LogP contribution < -0.4 is 27.3 Å². The molecule has 0 aliphatic rings. The zero-order valence-corrected chi connectivity index (χ0v) is 21.2. The normalized spacial score (nSPS) is 11.3. The van der Waals surface area contributed by atoms with Gasteiger partial charge in [0.2, 0.25) is 5.78 Å². The highest BCUT2D eigenvalue weighted by Crippen LogP contribution is 2.29. The number of carbonyl (C=O) groups excluding carboxylic acids is 2. The Morgan fingerprint density at radius 3 is 2.30 bits per heavy atom. The molecule has 0 saturated heterocycles. The number of amidine groups is 1. The minimum absolute atomic E-state index is 0.000872. The second kappa shape index (κ2) is 12.9. The van der Waals surface area contributed by atoms with Gasteiger partial charge < -0.3 is 37.5 Å². The molecule has 0 radical (unpaired) electrons. The van der Waals surface area contributed by atoms with Crippen LogP contribution in [0.15, 0.2) is 59.6 Å². The number of nitrogens with one attached hydrogen (secondary N) is 2. The Bertz CT molecular complexity index is 1510. The van der Waals surface area contributed by atoms with Crippen molar-refractivity contribution in [3.63, 3.8) is 0 Å².